The van der Waals surface area contributed by atoms with Crippen LogP contribution in [0.1, 0.15) is 17.5 Å². The number of likely N-dealkylation sites (N-methyl/N-ethyl adjacent to an activating group) is 1. The number of nitrogens with zero attached hydrogens (tertiary/aromatic N) is 2. The summed E-state index contributed by atoms with van der Waals surface area (Å²) in [7, 11) is 2.18. The van der Waals surface area contributed by atoms with Crippen LogP contribution in [-0.2, 0) is 0 Å². The number of rotatable bonds is 4. The first kappa shape index (κ1) is 13.4. The number of hydrogen-bond donors (Lipinski definition) is 1. The minimum absolute atomic E-state index is 0.648. The molecule has 1 fully saturated rings. The molecule has 0 amide bonds. The first-order valence-electron chi connectivity index (χ1n) is 6.83. The van der Waals surface area contributed by atoms with E-state index in [-0.39, 0.29) is 0 Å². The Balaban J connectivity index is 2.04. The van der Waals surface area contributed by atoms with E-state index in [2.05, 4.69) is 48.9 Å². The average Bonchev–Trinajstić information content (AvgIpc) is 2.77. The lowest BCUT2D eigenvalue weighted by molar-refractivity contribution is 0.266. The molecular formula is C15H25N3. The second-order valence-electron chi connectivity index (χ2n) is 5.50. The number of hydrogen-bond acceptors (Lipinski definition) is 3. The molecule has 1 heterocycles. The lowest BCUT2D eigenvalue weighted by atomic mass is 10.1. The maximum Gasteiger partial charge on any atom is 0.0372 e. The van der Waals surface area contributed by atoms with Crippen LogP contribution in [0.3, 0.4) is 0 Å². The van der Waals surface area contributed by atoms with Gasteiger partial charge in [-0.1, -0.05) is 6.07 Å². The van der Waals surface area contributed by atoms with E-state index in [0.717, 1.165) is 26.2 Å². The molecule has 0 aliphatic carbocycles. The Morgan fingerprint density at radius 1 is 1.28 bits per heavy atom. The first-order valence-corrected chi connectivity index (χ1v) is 6.83. The molecule has 1 aromatic rings. The Kier molecular flexibility index (Phi) is 4.25. The number of anilines is 1. The molecule has 1 unspecified atom stereocenters. The van der Waals surface area contributed by atoms with E-state index >= 15 is 0 Å². The molecule has 1 atom stereocenters. The van der Waals surface area contributed by atoms with Crippen molar-refractivity contribution in [2.75, 3.05) is 38.1 Å². The monoisotopic (exact) mass is 247 g/mol. The van der Waals surface area contributed by atoms with Gasteiger partial charge in [0.15, 0.2) is 0 Å². The SMILES string of the molecule is Cc1cc(C)cc(N2CCC(N(C)CCN)C2)c1. The van der Waals surface area contributed by atoms with Crippen molar-refractivity contribution in [3.63, 3.8) is 0 Å². The number of benzene rings is 1. The van der Waals surface area contributed by atoms with Gasteiger partial charge in [-0.05, 0) is 50.6 Å². The van der Waals surface area contributed by atoms with Crippen molar-refractivity contribution < 1.29 is 0 Å². The second kappa shape index (κ2) is 5.72. The van der Waals surface area contributed by atoms with Crippen LogP contribution >= 0.6 is 0 Å². The topological polar surface area (TPSA) is 32.5 Å². The minimum atomic E-state index is 0.648. The van der Waals surface area contributed by atoms with Crippen molar-refractivity contribution in [3.8, 4) is 0 Å². The van der Waals surface area contributed by atoms with E-state index in [9.17, 15) is 0 Å². The molecule has 3 heteroatoms. The summed E-state index contributed by atoms with van der Waals surface area (Å²) in [6.45, 7) is 8.36. The van der Waals surface area contributed by atoms with Crippen LogP contribution in [0.25, 0.3) is 0 Å². The van der Waals surface area contributed by atoms with Gasteiger partial charge in [0, 0.05) is 37.9 Å². The Hall–Kier alpha value is -1.06. The third kappa shape index (κ3) is 3.03. The quantitative estimate of drug-likeness (QED) is 0.880. The number of nitrogens with two attached hydrogens (primary N) is 1. The van der Waals surface area contributed by atoms with Crippen LogP contribution in [0.4, 0.5) is 5.69 Å². The summed E-state index contributed by atoms with van der Waals surface area (Å²) in [4.78, 5) is 4.89. The summed E-state index contributed by atoms with van der Waals surface area (Å²) in [5.74, 6) is 0. The van der Waals surface area contributed by atoms with E-state index in [1.807, 2.05) is 0 Å². The van der Waals surface area contributed by atoms with E-state index < -0.39 is 0 Å². The highest BCUT2D eigenvalue weighted by atomic mass is 15.2. The lowest BCUT2D eigenvalue weighted by Gasteiger charge is -2.25. The second-order valence-corrected chi connectivity index (χ2v) is 5.50. The largest absolute Gasteiger partial charge is 0.370 e. The van der Waals surface area contributed by atoms with Gasteiger partial charge in [-0.2, -0.15) is 0 Å². The number of aryl methyl sites for hydroxylation is 2. The fourth-order valence-electron chi connectivity index (χ4n) is 2.86. The molecule has 1 aliphatic rings. The molecule has 18 heavy (non-hydrogen) atoms. The Morgan fingerprint density at radius 2 is 1.94 bits per heavy atom. The van der Waals surface area contributed by atoms with Crippen molar-refractivity contribution in [3.05, 3.63) is 29.3 Å². The zero-order chi connectivity index (χ0) is 13.1. The Morgan fingerprint density at radius 3 is 2.56 bits per heavy atom. The molecule has 2 N–H and O–H groups in total. The fourth-order valence-corrected chi connectivity index (χ4v) is 2.86. The van der Waals surface area contributed by atoms with Crippen molar-refractivity contribution in [2.45, 2.75) is 26.3 Å². The smallest absolute Gasteiger partial charge is 0.0372 e. The van der Waals surface area contributed by atoms with Gasteiger partial charge >= 0.3 is 0 Å². The standard InChI is InChI=1S/C15H25N3/c1-12-8-13(2)10-15(9-12)18-6-4-14(11-18)17(3)7-5-16/h8-10,14H,4-7,11,16H2,1-3H3. The highest BCUT2D eigenvalue weighted by Crippen LogP contribution is 2.24. The van der Waals surface area contributed by atoms with Crippen molar-refractivity contribution in [2.24, 2.45) is 5.73 Å². The summed E-state index contributed by atoms with van der Waals surface area (Å²) in [6, 6.07) is 7.46. The van der Waals surface area contributed by atoms with E-state index in [1.54, 1.807) is 0 Å². The predicted octanol–water partition coefficient (Wildman–Crippen LogP) is 1.77. The normalized spacial score (nSPS) is 19.8. The van der Waals surface area contributed by atoms with Crippen LogP contribution < -0.4 is 10.6 Å². The first-order chi connectivity index (χ1) is 8.60. The van der Waals surface area contributed by atoms with Gasteiger partial charge in [-0.25, -0.2) is 0 Å². The Labute approximate surface area is 111 Å². The van der Waals surface area contributed by atoms with Gasteiger partial charge < -0.3 is 15.5 Å². The van der Waals surface area contributed by atoms with E-state index in [0.29, 0.717) is 6.04 Å². The molecule has 0 spiro atoms. The molecule has 100 valence electrons. The molecule has 0 saturated carbocycles. The molecule has 0 radical (unpaired) electrons. The zero-order valence-corrected chi connectivity index (χ0v) is 11.8. The van der Waals surface area contributed by atoms with Gasteiger partial charge in [0.2, 0.25) is 0 Å². The molecule has 3 nitrogen and oxygen atoms in total. The van der Waals surface area contributed by atoms with Crippen molar-refractivity contribution >= 4 is 5.69 Å². The molecule has 0 aromatic heterocycles. The van der Waals surface area contributed by atoms with Gasteiger partial charge in [0.25, 0.3) is 0 Å². The average molecular weight is 247 g/mol. The molecule has 1 aromatic carbocycles. The highest BCUT2D eigenvalue weighted by Gasteiger charge is 2.25. The lowest BCUT2D eigenvalue weighted by Crippen LogP contribution is -2.37. The minimum Gasteiger partial charge on any atom is -0.370 e. The summed E-state index contributed by atoms with van der Waals surface area (Å²) >= 11 is 0. The van der Waals surface area contributed by atoms with Crippen LogP contribution in [0.15, 0.2) is 18.2 Å². The van der Waals surface area contributed by atoms with Crippen LogP contribution in [0.2, 0.25) is 0 Å². The van der Waals surface area contributed by atoms with Gasteiger partial charge in [-0.3, -0.25) is 0 Å². The maximum absolute atomic E-state index is 5.63. The van der Waals surface area contributed by atoms with Gasteiger partial charge in [0.1, 0.15) is 0 Å². The van der Waals surface area contributed by atoms with Gasteiger partial charge in [0.05, 0.1) is 0 Å². The highest BCUT2D eigenvalue weighted by molar-refractivity contribution is 5.51. The summed E-state index contributed by atoms with van der Waals surface area (Å²) < 4.78 is 0. The molecular weight excluding hydrogens is 222 g/mol. The third-order valence-electron chi connectivity index (χ3n) is 3.84. The zero-order valence-electron chi connectivity index (χ0n) is 11.8. The molecule has 0 bridgehead atoms. The van der Waals surface area contributed by atoms with Gasteiger partial charge in [-0.15, -0.1) is 0 Å². The predicted molar refractivity (Wildman–Crippen MR) is 78.2 cm³/mol. The van der Waals surface area contributed by atoms with E-state index in [1.165, 1.54) is 23.2 Å². The van der Waals surface area contributed by atoms with Crippen LogP contribution in [0, 0.1) is 13.8 Å². The van der Waals surface area contributed by atoms with Crippen LogP contribution in [-0.4, -0.2) is 44.2 Å². The summed E-state index contributed by atoms with van der Waals surface area (Å²) in [5, 5.41) is 0. The Bertz CT molecular complexity index is 382. The van der Waals surface area contributed by atoms with Crippen LogP contribution in [0.5, 0.6) is 0 Å². The maximum atomic E-state index is 5.63. The van der Waals surface area contributed by atoms with E-state index in [4.69, 9.17) is 5.73 Å². The molecule has 1 saturated heterocycles. The van der Waals surface area contributed by atoms with Crippen molar-refractivity contribution in [1.82, 2.24) is 4.90 Å². The third-order valence-corrected chi connectivity index (χ3v) is 3.84. The summed E-state index contributed by atoms with van der Waals surface area (Å²) in [6.07, 6.45) is 1.24. The molecule has 1 aliphatic heterocycles. The summed E-state index contributed by atoms with van der Waals surface area (Å²) in [5.41, 5.74) is 9.70. The fraction of sp³-hybridized carbons (Fsp3) is 0.600. The molecule has 2 rings (SSSR count). The van der Waals surface area contributed by atoms with Crippen molar-refractivity contribution in [1.29, 1.82) is 0 Å².